The minimum absolute atomic E-state index is 0.357. The van der Waals surface area contributed by atoms with Gasteiger partial charge in [-0.25, -0.2) is 0 Å². The van der Waals surface area contributed by atoms with E-state index in [2.05, 4.69) is 62.7 Å². The zero-order chi connectivity index (χ0) is 12.4. The van der Waals surface area contributed by atoms with Gasteiger partial charge >= 0.3 is 0 Å². The second kappa shape index (κ2) is 5.21. The zero-order valence-electron chi connectivity index (χ0n) is 9.71. The summed E-state index contributed by atoms with van der Waals surface area (Å²) in [6.07, 6.45) is 4.69. The third kappa shape index (κ3) is 2.33. The van der Waals surface area contributed by atoms with Gasteiger partial charge in [0.05, 0.1) is 0 Å². The molecule has 1 unspecified atom stereocenters. The summed E-state index contributed by atoms with van der Waals surface area (Å²) >= 11 is 5.62. The normalized spacial score (nSPS) is 12.7. The third-order valence-corrected chi connectivity index (χ3v) is 4.81. The van der Waals surface area contributed by atoms with Crippen molar-refractivity contribution in [2.24, 2.45) is 0 Å². The molecule has 0 N–H and O–H groups in total. The molecule has 1 aromatic carbocycles. The van der Waals surface area contributed by atoms with Gasteiger partial charge < -0.3 is 0 Å². The van der Waals surface area contributed by atoms with Gasteiger partial charge in [-0.05, 0) is 46.5 Å². The molecule has 90 valence electrons. The van der Waals surface area contributed by atoms with Gasteiger partial charge in [0.2, 0.25) is 0 Å². The summed E-state index contributed by atoms with van der Waals surface area (Å²) in [5, 5.41) is 3.61. The molecule has 0 aliphatic carbocycles. The van der Waals surface area contributed by atoms with E-state index in [-0.39, 0.29) is 0 Å². The SMILES string of the molecule is BrC(Cc1ccncc1)c1csc2ccccc12. The summed E-state index contributed by atoms with van der Waals surface area (Å²) in [7, 11) is 0. The van der Waals surface area contributed by atoms with E-state index in [0.29, 0.717) is 4.83 Å². The Morgan fingerprint density at radius 3 is 2.72 bits per heavy atom. The lowest BCUT2D eigenvalue weighted by molar-refractivity contribution is 0.957. The molecule has 0 aliphatic rings. The first-order valence-electron chi connectivity index (χ1n) is 5.83. The molecule has 0 fully saturated rings. The molecule has 1 nitrogen and oxygen atoms in total. The van der Waals surface area contributed by atoms with Crippen LogP contribution >= 0.6 is 27.3 Å². The number of hydrogen-bond acceptors (Lipinski definition) is 2. The first-order chi connectivity index (χ1) is 8.84. The number of aromatic nitrogens is 1. The molecule has 3 rings (SSSR count). The number of benzene rings is 1. The predicted molar refractivity (Wildman–Crippen MR) is 81.4 cm³/mol. The van der Waals surface area contributed by atoms with Crippen LogP contribution in [0.25, 0.3) is 10.1 Å². The van der Waals surface area contributed by atoms with Gasteiger partial charge in [0.25, 0.3) is 0 Å². The lowest BCUT2D eigenvalue weighted by Gasteiger charge is -2.09. The Balaban J connectivity index is 1.90. The van der Waals surface area contributed by atoms with Gasteiger partial charge in [-0.3, -0.25) is 4.98 Å². The summed E-state index contributed by atoms with van der Waals surface area (Å²) in [4.78, 5) is 4.41. The fourth-order valence-corrected chi connectivity index (χ4v) is 4.02. The molecule has 18 heavy (non-hydrogen) atoms. The number of halogens is 1. The summed E-state index contributed by atoms with van der Waals surface area (Å²) < 4.78 is 1.35. The second-order valence-corrected chi connectivity index (χ2v) is 6.23. The number of nitrogens with zero attached hydrogens (tertiary/aromatic N) is 1. The lowest BCUT2D eigenvalue weighted by atomic mass is 10.0. The highest BCUT2D eigenvalue weighted by atomic mass is 79.9. The minimum Gasteiger partial charge on any atom is -0.265 e. The highest BCUT2D eigenvalue weighted by Crippen LogP contribution is 2.36. The van der Waals surface area contributed by atoms with Crippen molar-refractivity contribution in [2.45, 2.75) is 11.2 Å². The summed E-state index contributed by atoms with van der Waals surface area (Å²) in [6.45, 7) is 0. The molecule has 0 saturated heterocycles. The maximum atomic E-state index is 4.05. The van der Waals surface area contributed by atoms with E-state index in [1.165, 1.54) is 21.2 Å². The fraction of sp³-hybridized carbons (Fsp3) is 0.133. The average Bonchev–Trinajstić information content (AvgIpc) is 2.84. The van der Waals surface area contributed by atoms with E-state index in [1.807, 2.05) is 23.7 Å². The number of hydrogen-bond donors (Lipinski definition) is 0. The van der Waals surface area contributed by atoms with Crippen molar-refractivity contribution in [3.8, 4) is 0 Å². The van der Waals surface area contributed by atoms with Crippen LogP contribution in [0.3, 0.4) is 0 Å². The second-order valence-electron chi connectivity index (χ2n) is 4.21. The van der Waals surface area contributed by atoms with Crippen LogP contribution in [0, 0.1) is 0 Å². The van der Waals surface area contributed by atoms with Crippen LogP contribution in [-0.2, 0) is 6.42 Å². The summed E-state index contributed by atoms with van der Waals surface area (Å²) in [5.41, 5.74) is 2.69. The number of fused-ring (bicyclic) bond motifs is 1. The molecule has 0 aliphatic heterocycles. The average molecular weight is 318 g/mol. The van der Waals surface area contributed by atoms with Gasteiger partial charge in [0.1, 0.15) is 0 Å². The number of pyridine rings is 1. The maximum Gasteiger partial charge on any atom is 0.0450 e. The van der Waals surface area contributed by atoms with Crippen molar-refractivity contribution in [1.82, 2.24) is 4.98 Å². The monoisotopic (exact) mass is 317 g/mol. The Hall–Kier alpha value is -1.19. The van der Waals surface area contributed by atoms with Crippen LogP contribution in [0.2, 0.25) is 0 Å². The van der Waals surface area contributed by atoms with Crippen LogP contribution in [-0.4, -0.2) is 4.98 Å². The highest BCUT2D eigenvalue weighted by molar-refractivity contribution is 9.09. The van der Waals surface area contributed by atoms with Crippen LogP contribution in [0.15, 0.2) is 54.2 Å². The van der Waals surface area contributed by atoms with Crippen molar-refractivity contribution >= 4 is 37.4 Å². The molecule has 0 radical (unpaired) electrons. The first kappa shape index (κ1) is 11.9. The largest absolute Gasteiger partial charge is 0.265 e. The van der Waals surface area contributed by atoms with E-state index in [0.717, 1.165) is 6.42 Å². The fourth-order valence-electron chi connectivity index (χ4n) is 2.08. The Kier molecular flexibility index (Phi) is 3.43. The molecule has 3 heteroatoms. The molecule has 0 amide bonds. The lowest BCUT2D eigenvalue weighted by Crippen LogP contribution is -1.94. The summed E-state index contributed by atoms with van der Waals surface area (Å²) in [5.74, 6) is 0. The predicted octanol–water partition coefficient (Wildman–Crippen LogP) is 4.98. The van der Waals surface area contributed by atoms with E-state index in [1.54, 1.807) is 0 Å². The van der Waals surface area contributed by atoms with E-state index in [4.69, 9.17) is 0 Å². The number of thiophene rings is 1. The van der Waals surface area contributed by atoms with Crippen LogP contribution in [0.4, 0.5) is 0 Å². The maximum absolute atomic E-state index is 4.05. The minimum atomic E-state index is 0.357. The van der Waals surface area contributed by atoms with Gasteiger partial charge in [0.15, 0.2) is 0 Å². The zero-order valence-corrected chi connectivity index (χ0v) is 12.1. The van der Waals surface area contributed by atoms with Crippen molar-refractivity contribution in [3.63, 3.8) is 0 Å². The summed E-state index contributed by atoms with van der Waals surface area (Å²) in [6, 6.07) is 12.7. The Labute approximate surface area is 119 Å². The van der Waals surface area contributed by atoms with Gasteiger partial charge in [-0.15, -0.1) is 11.3 Å². The van der Waals surface area contributed by atoms with Crippen molar-refractivity contribution in [1.29, 1.82) is 0 Å². The Morgan fingerprint density at radius 2 is 1.89 bits per heavy atom. The molecular formula is C15H12BrNS. The smallest absolute Gasteiger partial charge is 0.0450 e. The van der Waals surface area contributed by atoms with Crippen molar-refractivity contribution in [3.05, 3.63) is 65.3 Å². The number of rotatable bonds is 3. The van der Waals surface area contributed by atoms with E-state index >= 15 is 0 Å². The molecule has 0 bridgehead atoms. The molecule has 3 aromatic rings. The molecule has 2 heterocycles. The van der Waals surface area contributed by atoms with Crippen LogP contribution in [0.5, 0.6) is 0 Å². The molecule has 2 aromatic heterocycles. The van der Waals surface area contributed by atoms with Gasteiger partial charge in [-0.1, -0.05) is 34.1 Å². The van der Waals surface area contributed by atoms with E-state index in [9.17, 15) is 0 Å². The molecule has 1 atom stereocenters. The first-order valence-corrected chi connectivity index (χ1v) is 7.63. The highest BCUT2D eigenvalue weighted by Gasteiger charge is 2.13. The van der Waals surface area contributed by atoms with Crippen LogP contribution < -0.4 is 0 Å². The van der Waals surface area contributed by atoms with Gasteiger partial charge in [-0.2, -0.15) is 0 Å². The van der Waals surface area contributed by atoms with Crippen LogP contribution in [0.1, 0.15) is 16.0 Å². The number of alkyl halides is 1. The standard InChI is InChI=1S/C15H12BrNS/c16-14(9-11-5-7-17-8-6-11)13-10-18-15-4-2-1-3-12(13)15/h1-8,10,14H,9H2. The third-order valence-electron chi connectivity index (χ3n) is 3.01. The van der Waals surface area contributed by atoms with E-state index < -0.39 is 0 Å². The van der Waals surface area contributed by atoms with Crippen molar-refractivity contribution in [2.75, 3.05) is 0 Å². The molecule has 0 spiro atoms. The quantitative estimate of drug-likeness (QED) is 0.621. The molecule has 0 saturated carbocycles. The Bertz CT molecular complexity index is 648. The molecular weight excluding hydrogens is 306 g/mol. The Morgan fingerprint density at radius 1 is 1.11 bits per heavy atom. The van der Waals surface area contributed by atoms with Gasteiger partial charge in [0, 0.05) is 21.9 Å². The van der Waals surface area contributed by atoms with Crippen molar-refractivity contribution < 1.29 is 0 Å². The topological polar surface area (TPSA) is 12.9 Å².